The summed E-state index contributed by atoms with van der Waals surface area (Å²) < 4.78 is 0. The fraction of sp³-hybridized carbons (Fsp3) is 0.500. The molecule has 0 aliphatic carbocycles. The van der Waals surface area contributed by atoms with E-state index in [0.717, 1.165) is 55.2 Å². The third kappa shape index (κ3) is 3.99. The molecule has 24 heavy (non-hydrogen) atoms. The molecular formula is C18H24N4OS. The molecule has 0 radical (unpaired) electrons. The Hall–Kier alpha value is -1.79. The summed E-state index contributed by atoms with van der Waals surface area (Å²) in [5.74, 6) is 0.142. The van der Waals surface area contributed by atoms with Gasteiger partial charge in [0.15, 0.2) is 0 Å². The molecule has 6 heteroatoms. The zero-order valence-electron chi connectivity index (χ0n) is 14.3. The van der Waals surface area contributed by atoms with E-state index in [4.69, 9.17) is 0 Å². The van der Waals surface area contributed by atoms with Crippen LogP contribution >= 0.6 is 11.3 Å². The van der Waals surface area contributed by atoms with Crippen molar-refractivity contribution in [1.82, 2.24) is 19.8 Å². The van der Waals surface area contributed by atoms with Crippen LogP contribution in [0.25, 0.3) is 0 Å². The highest BCUT2D eigenvalue weighted by molar-refractivity contribution is 7.11. The van der Waals surface area contributed by atoms with E-state index < -0.39 is 0 Å². The minimum atomic E-state index is 0.142. The van der Waals surface area contributed by atoms with Crippen LogP contribution in [0.15, 0.2) is 29.9 Å². The van der Waals surface area contributed by atoms with Gasteiger partial charge in [0.2, 0.25) is 0 Å². The third-order valence-electron chi connectivity index (χ3n) is 4.69. The van der Waals surface area contributed by atoms with E-state index in [1.807, 2.05) is 30.2 Å². The second-order valence-electron chi connectivity index (χ2n) is 6.38. The van der Waals surface area contributed by atoms with E-state index in [9.17, 15) is 4.79 Å². The van der Waals surface area contributed by atoms with Gasteiger partial charge in [-0.15, -0.1) is 11.3 Å². The Bertz CT molecular complexity index is 673. The van der Waals surface area contributed by atoms with Crippen LogP contribution in [-0.2, 0) is 6.54 Å². The van der Waals surface area contributed by atoms with Crippen LogP contribution in [0, 0.1) is 6.92 Å². The minimum Gasteiger partial charge on any atom is -0.338 e. The molecule has 5 nitrogen and oxygen atoms in total. The second kappa shape index (κ2) is 7.85. The quantitative estimate of drug-likeness (QED) is 0.855. The van der Waals surface area contributed by atoms with Crippen LogP contribution in [0.3, 0.4) is 0 Å². The van der Waals surface area contributed by atoms with Crippen LogP contribution in [0.2, 0.25) is 0 Å². The van der Waals surface area contributed by atoms with Crippen molar-refractivity contribution in [3.05, 3.63) is 46.2 Å². The number of nitrogens with zero attached hydrogens (tertiary/aromatic N) is 4. The summed E-state index contributed by atoms with van der Waals surface area (Å²) in [5.41, 5.74) is 3.69. The fourth-order valence-corrected chi connectivity index (χ4v) is 4.02. The molecule has 1 saturated heterocycles. The molecule has 128 valence electrons. The van der Waals surface area contributed by atoms with Gasteiger partial charge in [-0.1, -0.05) is 6.07 Å². The molecule has 1 aliphatic rings. The average molecular weight is 344 g/mol. The number of rotatable bonds is 4. The van der Waals surface area contributed by atoms with Crippen molar-refractivity contribution >= 4 is 17.2 Å². The lowest BCUT2D eigenvalue weighted by atomic mass is 10.1. The molecule has 0 saturated carbocycles. The van der Waals surface area contributed by atoms with Crippen LogP contribution in [0.5, 0.6) is 0 Å². The smallest absolute Gasteiger partial charge is 0.265 e. The van der Waals surface area contributed by atoms with Crippen molar-refractivity contribution in [1.29, 1.82) is 0 Å². The summed E-state index contributed by atoms with van der Waals surface area (Å²) >= 11 is 1.45. The number of carbonyl (C=O) groups is 1. The first-order valence-corrected chi connectivity index (χ1v) is 9.32. The molecule has 0 unspecified atom stereocenters. The topological polar surface area (TPSA) is 49.3 Å². The molecule has 2 aromatic rings. The van der Waals surface area contributed by atoms with E-state index in [1.54, 1.807) is 5.51 Å². The van der Waals surface area contributed by atoms with Crippen molar-refractivity contribution in [3.63, 3.8) is 0 Å². The largest absolute Gasteiger partial charge is 0.338 e. The normalized spacial score (nSPS) is 18.6. The van der Waals surface area contributed by atoms with Crippen molar-refractivity contribution in [2.75, 3.05) is 20.1 Å². The molecule has 1 atom stereocenters. The SMILES string of the molecule is Cc1ncsc1C(=O)N1CCC[C@@H](N(C)Cc2ccccn2)CC1. The molecule has 1 amide bonds. The van der Waals surface area contributed by atoms with Crippen LogP contribution < -0.4 is 0 Å². The van der Waals surface area contributed by atoms with Gasteiger partial charge < -0.3 is 4.90 Å². The van der Waals surface area contributed by atoms with E-state index in [1.165, 1.54) is 11.3 Å². The summed E-state index contributed by atoms with van der Waals surface area (Å²) in [4.78, 5) is 26.4. The molecule has 0 bridgehead atoms. The maximum atomic E-state index is 12.7. The van der Waals surface area contributed by atoms with E-state index >= 15 is 0 Å². The number of aromatic nitrogens is 2. The van der Waals surface area contributed by atoms with Crippen molar-refractivity contribution in [2.24, 2.45) is 0 Å². The lowest BCUT2D eigenvalue weighted by Gasteiger charge is -2.27. The third-order valence-corrected chi connectivity index (χ3v) is 5.60. The maximum absolute atomic E-state index is 12.7. The second-order valence-corrected chi connectivity index (χ2v) is 7.23. The van der Waals surface area contributed by atoms with Crippen LogP contribution in [-0.4, -0.2) is 51.9 Å². The number of hydrogen-bond acceptors (Lipinski definition) is 5. The molecule has 0 aromatic carbocycles. The van der Waals surface area contributed by atoms with Crippen molar-refractivity contribution in [3.8, 4) is 0 Å². The number of amides is 1. The number of likely N-dealkylation sites (tertiary alicyclic amines) is 1. The maximum Gasteiger partial charge on any atom is 0.265 e. The van der Waals surface area contributed by atoms with Gasteiger partial charge in [0, 0.05) is 31.9 Å². The highest BCUT2D eigenvalue weighted by Crippen LogP contribution is 2.21. The van der Waals surface area contributed by atoms with Crippen molar-refractivity contribution in [2.45, 2.75) is 38.8 Å². The summed E-state index contributed by atoms with van der Waals surface area (Å²) in [6, 6.07) is 6.53. The predicted molar refractivity (Wildman–Crippen MR) is 96.1 cm³/mol. The molecule has 2 aromatic heterocycles. The zero-order valence-corrected chi connectivity index (χ0v) is 15.1. The average Bonchev–Trinajstić information content (AvgIpc) is 2.87. The monoisotopic (exact) mass is 344 g/mol. The summed E-state index contributed by atoms with van der Waals surface area (Å²) in [6.07, 6.45) is 5.01. The van der Waals surface area contributed by atoms with Gasteiger partial charge in [-0.05, 0) is 45.4 Å². The Balaban J connectivity index is 1.58. The number of pyridine rings is 1. The number of aryl methyl sites for hydroxylation is 1. The van der Waals surface area contributed by atoms with Gasteiger partial charge in [-0.2, -0.15) is 0 Å². The summed E-state index contributed by atoms with van der Waals surface area (Å²) in [6.45, 7) is 4.41. The highest BCUT2D eigenvalue weighted by Gasteiger charge is 2.25. The Morgan fingerprint density at radius 3 is 2.92 bits per heavy atom. The number of hydrogen-bond donors (Lipinski definition) is 0. The number of thiazole rings is 1. The Morgan fingerprint density at radius 1 is 1.33 bits per heavy atom. The fourth-order valence-electron chi connectivity index (χ4n) is 3.25. The predicted octanol–water partition coefficient (Wildman–Crippen LogP) is 2.97. The Kier molecular flexibility index (Phi) is 5.58. The van der Waals surface area contributed by atoms with E-state index in [2.05, 4.69) is 28.0 Å². The van der Waals surface area contributed by atoms with E-state index in [0.29, 0.717) is 6.04 Å². The molecule has 0 spiro atoms. The lowest BCUT2D eigenvalue weighted by Crippen LogP contribution is -2.35. The van der Waals surface area contributed by atoms with Gasteiger partial charge >= 0.3 is 0 Å². The van der Waals surface area contributed by atoms with Gasteiger partial charge in [0.05, 0.1) is 16.9 Å². The van der Waals surface area contributed by atoms with Gasteiger partial charge in [0.1, 0.15) is 4.88 Å². The van der Waals surface area contributed by atoms with Gasteiger partial charge in [0.25, 0.3) is 5.91 Å². The molecule has 3 rings (SSSR count). The van der Waals surface area contributed by atoms with Crippen molar-refractivity contribution < 1.29 is 4.79 Å². The first-order chi connectivity index (χ1) is 11.6. The van der Waals surface area contributed by atoms with Crippen LogP contribution in [0.1, 0.15) is 40.3 Å². The molecule has 3 heterocycles. The molecular weight excluding hydrogens is 320 g/mol. The minimum absolute atomic E-state index is 0.142. The summed E-state index contributed by atoms with van der Waals surface area (Å²) in [7, 11) is 2.16. The Morgan fingerprint density at radius 2 is 2.21 bits per heavy atom. The Labute approximate surface area is 147 Å². The molecule has 1 aliphatic heterocycles. The molecule has 1 fully saturated rings. The summed E-state index contributed by atoms with van der Waals surface area (Å²) in [5, 5.41) is 0. The van der Waals surface area contributed by atoms with Gasteiger partial charge in [-0.3, -0.25) is 14.7 Å². The first kappa shape index (κ1) is 17.0. The van der Waals surface area contributed by atoms with Crippen LogP contribution in [0.4, 0.5) is 0 Å². The number of carbonyl (C=O) groups excluding carboxylic acids is 1. The lowest BCUT2D eigenvalue weighted by molar-refractivity contribution is 0.0761. The van der Waals surface area contributed by atoms with E-state index in [-0.39, 0.29) is 5.91 Å². The zero-order chi connectivity index (χ0) is 16.9. The standard InChI is InChI=1S/C18H24N4OS/c1-14-17(24-13-20-14)18(23)22-10-5-7-16(8-11-22)21(2)12-15-6-3-4-9-19-15/h3-4,6,9,13,16H,5,7-8,10-12H2,1-2H3/t16-/m1/s1. The first-order valence-electron chi connectivity index (χ1n) is 8.44. The highest BCUT2D eigenvalue weighted by atomic mass is 32.1. The molecule has 0 N–H and O–H groups in total. The van der Waals surface area contributed by atoms with Gasteiger partial charge in [-0.25, -0.2) is 4.98 Å².